The number of benzene rings is 3. The summed E-state index contributed by atoms with van der Waals surface area (Å²) >= 11 is 6.72. The lowest BCUT2D eigenvalue weighted by atomic mass is 9.93. The average Bonchev–Trinajstić information content (AvgIpc) is 2.88. The fraction of sp³-hybridized carbons (Fsp3) is 0.207. The predicted octanol–water partition coefficient (Wildman–Crippen LogP) is 6.33. The number of aromatic nitrogens is 1. The Labute approximate surface area is 205 Å². The Morgan fingerprint density at radius 2 is 1.44 bits per heavy atom. The number of rotatable bonds is 7. The normalized spacial score (nSPS) is 12.0. The zero-order valence-corrected chi connectivity index (χ0v) is 20.1. The van der Waals surface area contributed by atoms with Gasteiger partial charge in [-0.25, -0.2) is 0 Å². The van der Waals surface area contributed by atoms with Crippen molar-refractivity contribution in [2.45, 2.75) is 33.1 Å². The molecule has 0 saturated carbocycles. The molecule has 0 atom stereocenters. The molecular weight excluding hydrogens is 446 g/mol. The van der Waals surface area contributed by atoms with Gasteiger partial charge in [0.05, 0.1) is 24.3 Å². The molecule has 3 aromatic carbocycles. The number of nitrogens with zero attached hydrogens (tertiary/aromatic N) is 1. The maximum absolute atomic E-state index is 6.72. The van der Waals surface area contributed by atoms with Gasteiger partial charge in [-0.2, -0.15) is 4.57 Å². The molecule has 4 aromatic rings. The quantitative estimate of drug-likeness (QED) is 0.233. The van der Waals surface area contributed by atoms with Crippen LogP contribution in [-0.4, -0.2) is 7.11 Å². The van der Waals surface area contributed by atoms with E-state index in [0.717, 1.165) is 63.7 Å². The van der Waals surface area contributed by atoms with Gasteiger partial charge in [0.15, 0.2) is 18.0 Å². The smallest absolute Gasteiger partial charge is 0.279 e. The third kappa shape index (κ3) is 4.34. The van der Waals surface area contributed by atoms with Crippen molar-refractivity contribution in [2.24, 2.45) is 0 Å². The van der Waals surface area contributed by atoms with Gasteiger partial charge in [0.1, 0.15) is 19.0 Å². The van der Waals surface area contributed by atoms with Crippen LogP contribution >= 0.6 is 11.6 Å². The van der Waals surface area contributed by atoms with Crippen LogP contribution in [0.2, 0.25) is 5.15 Å². The minimum atomic E-state index is 0.490. The van der Waals surface area contributed by atoms with E-state index >= 15 is 0 Å². The second-order valence-corrected chi connectivity index (χ2v) is 8.77. The van der Waals surface area contributed by atoms with E-state index in [9.17, 15) is 0 Å². The first-order valence-electron chi connectivity index (χ1n) is 11.4. The minimum absolute atomic E-state index is 0.490. The fourth-order valence-electron chi connectivity index (χ4n) is 4.54. The van der Waals surface area contributed by atoms with Crippen molar-refractivity contribution in [3.63, 3.8) is 0 Å². The highest BCUT2D eigenvalue weighted by atomic mass is 35.5. The summed E-state index contributed by atoms with van der Waals surface area (Å²) in [7, 11) is 1.70. The Hall–Kier alpha value is -3.50. The molecule has 1 aliphatic rings. The van der Waals surface area contributed by atoms with Gasteiger partial charge in [-0.3, -0.25) is 0 Å². The third-order valence-electron chi connectivity index (χ3n) is 6.25. The molecule has 1 aromatic heterocycles. The standard InChI is InChI=1S/C29H27ClNO3/c1-20-26(34-19-22-11-7-4-8-12-22)17-27(30)31-16-15-24-23(28(20)31)13-14-25(29(24)32-2)33-18-21-9-5-3-6-10-21/h3-14,17H,15-16,18-19H2,1-2H3/q+1. The first-order valence-corrected chi connectivity index (χ1v) is 11.8. The number of hydrogen-bond acceptors (Lipinski definition) is 3. The Morgan fingerprint density at radius 3 is 2.06 bits per heavy atom. The van der Waals surface area contributed by atoms with Crippen LogP contribution < -0.4 is 18.8 Å². The van der Waals surface area contributed by atoms with Gasteiger partial charge < -0.3 is 14.2 Å². The number of pyridine rings is 1. The third-order valence-corrected chi connectivity index (χ3v) is 6.56. The van der Waals surface area contributed by atoms with Crippen molar-refractivity contribution in [3.05, 3.63) is 106 Å². The SMILES string of the molecule is COc1c(OCc2ccccc2)ccc2c1CC[n+]1c(Cl)cc(OCc3ccccc3)c(C)c1-2. The molecule has 34 heavy (non-hydrogen) atoms. The van der Waals surface area contributed by atoms with E-state index in [4.69, 9.17) is 25.8 Å². The molecule has 0 saturated heterocycles. The zero-order chi connectivity index (χ0) is 23.5. The van der Waals surface area contributed by atoms with Crippen molar-refractivity contribution in [1.82, 2.24) is 0 Å². The number of halogens is 1. The number of ether oxygens (including phenoxy) is 3. The Kier molecular flexibility index (Phi) is 6.41. The summed E-state index contributed by atoms with van der Waals surface area (Å²) in [6, 6.07) is 26.3. The van der Waals surface area contributed by atoms with Crippen molar-refractivity contribution >= 4 is 11.6 Å². The van der Waals surface area contributed by atoms with Crippen LogP contribution in [0.15, 0.2) is 78.9 Å². The summed E-state index contributed by atoms with van der Waals surface area (Å²) in [4.78, 5) is 0. The monoisotopic (exact) mass is 472 g/mol. The maximum atomic E-state index is 6.72. The van der Waals surface area contributed by atoms with E-state index in [1.54, 1.807) is 7.11 Å². The van der Waals surface area contributed by atoms with Gasteiger partial charge in [-0.05, 0) is 41.8 Å². The van der Waals surface area contributed by atoms with E-state index in [0.29, 0.717) is 18.4 Å². The zero-order valence-electron chi connectivity index (χ0n) is 19.4. The highest BCUT2D eigenvalue weighted by molar-refractivity contribution is 6.28. The lowest BCUT2D eigenvalue weighted by Gasteiger charge is -2.22. The second kappa shape index (κ2) is 9.78. The summed E-state index contributed by atoms with van der Waals surface area (Å²) in [5.74, 6) is 2.32. The minimum Gasteiger partial charge on any atom is -0.493 e. The van der Waals surface area contributed by atoms with Crippen LogP contribution in [0.1, 0.15) is 22.3 Å². The lowest BCUT2D eigenvalue weighted by molar-refractivity contribution is -0.685. The van der Waals surface area contributed by atoms with E-state index in [2.05, 4.69) is 41.8 Å². The molecule has 0 bridgehead atoms. The van der Waals surface area contributed by atoms with E-state index < -0.39 is 0 Å². The van der Waals surface area contributed by atoms with Crippen LogP contribution in [0.3, 0.4) is 0 Å². The van der Waals surface area contributed by atoms with Gasteiger partial charge in [0.25, 0.3) is 5.15 Å². The molecule has 0 aliphatic carbocycles. The van der Waals surface area contributed by atoms with Gasteiger partial charge in [0.2, 0.25) is 5.69 Å². The molecule has 172 valence electrons. The molecule has 0 amide bonds. The molecule has 0 radical (unpaired) electrons. The van der Waals surface area contributed by atoms with Crippen LogP contribution in [0.25, 0.3) is 11.3 Å². The maximum Gasteiger partial charge on any atom is 0.279 e. The van der Waals surface area contributed by atoms with Crippen LogP contribution in [0.5, 0.6) is 17.2 Å². The van der Waals surface area contributed by atoms with Gasteiger partial charge >= 0.3 is 0 Å². The molecule has 4 nitrogen and oxygen atoms in total. The first kappa shape index (κ1) is 22.3. The van der Waals surface area contributed by atoms with E-state index in [1.807, 2.05) is 48.5 Å². The first-order chi connectivity index (χ1) is 16.7. The summed E-state index contributed by atoms with van der Waals surface area (Å²) in [5.41, 5.74) is 6.58. The molecule has 2 heterocycles. The van der Waals surface area contributed by atoms with Gasteiger partial charge in [-0.15, -0.1) is 0 Å². The highest BCUT2D eigenvalue weighted by Gasteiger charge is 2.33. The van der Waals surface area contributed by atoms with E-state index in [-0.39, 0.29) is 0 Å². The van der Waals surface area contributed by atoms with Crippen LogP contribution in [-0.2, 0) is 26.2 Å². The van der Waals surface area contributed by atoms with Crippen LogP contribution in [0, 0.1) is 6.92 Å². The number of hydrogen-bond donors (Lipinski definition) is 0. The largest absolute Gasteiger partial charge is 0.493 e. The summed E-state index contributed by atoms with van der Waals surface area (Å²) in [5, 5.41) is 0.665. The molecule has 0 unspecified atom stereocenters. The number of fused-ring (bicyclic) bond motifs is 3. The van der Waals surface area contributed by atoms with Crippen molar-refractivity contribution in [3.8, 4) is 28.5 Å². The average molecular weight is 473 g/mol. The van der Waals surface area contributed by atoms with Crippen LogP contribution in [0.4, 0.5) is 0 Å². The summed E-state index contributed by atoms with van der Waals surface area (Å²) in [6.45, 7) is 3.83. The lowest BCUT2D eigenvalue weighted by Crippen LogP contribution is -2.42. The molecule has 1 aliphatic heterocycles. The van der Waals surface area contributed by atoms with Gasteiger partial charge in [-0.1, -0.05) is 60.7 Å². The molecule has 0 fully saturated rings. The Bertz CT molecular complexity index is 1310. The Balaban J connectivity index is 1.49. The summed E-state index contributed by atoms with van der Waals surface area (Å²) < 4.78 is 20.4. The Morgan fingerprint density at radius 1 is 0.824 bits per heavy atom. The van der Waals surface area contributed by atoms with Gasteiger partial charge in [0, 0.05) is 12.0 Å². The molecular formula is C29H27ClNO3+. The fourth-order valence-corrected chi connectivity index (χ4v) is 4.81. The van der Waals surface area contributed by atoms with E-state index in [1.165, 1.54) is 0 Å². The summed E-state index contributed by atoms with van der Waals surface area (Å²) in [6.07, 6.45) is 0.808. The molecule has 0 N–H and O–H groups in total. The predicted molar refractivity (Wildman–Crippen MR) is 134 cm³/mol. The van der Waals surface area contributed by atoms with Crippen molar-refractivity contribution in [1.29, 1.82) is 0 Å². The molecule has 0 spiro atoms. The second-order valence-electron chi connectivity index (χ2n) is 8.38. The van der Waals surface area contributed by atoms with Crippen molar-refractivity contribution < 1.29 is 18.8 Å². The highest BCUT2D eigenvalue weighted by Crippen LogP contribution is 2.42. The molecule has 5 heteroatoms. The molecule has 5 rings (SSSR count). The topological polar surface area (TPSA) is 31.6 Å². The number of methoxy groups -OCH3 is 1. The van der Waals surface area contributed by atoms with Crippen molar-refractivity contribution in [2.75, 3.05) is 7.11 Å².